The van der Waals surface area contributed by atoms with Crippen molar-refractivity contribution in [3.63, 3.8) is 0 Å². The average Bonchev–Trinajstić information content (AvgIpc) is 3.35. The number of rotatable bonds is 4. The molecule has 3 heterocycles. The fraction of sp³-hybridized carbons (Fsp3) is 0.632. The van der Waals surface area contributed by atoms with E-state index in [2.05, 4.69) is 21.5 Å². The number of fused-ring (bicyclic) bond motifs is 1. The molecule has 0 amide bonds. The Kier molecular flexibility index (Phi) is 9.90. The number of carbonyl (C=O) groups is 2. The van der Waals surface area contributed by atoms with Crippen molar-refractivity contribution >= 4 is 11.9 Å². The van der Waals surface area contributed by atoms with E-state index in [1.807, 2.05) is 19.9 Å². The van der Waals surface area contributed by atoms with Crippen LogP contribution in [0.25, 0.3) is 0 Å². The van der Waals surface area contributed by atoms with Gasteiger partial charge in [0.05, 0.1) is 5.69 Å². The van der Waals surface area contributed by atoms with Crippen LogP contribution in [0.15, 0.2) is 17.2 Å². The summed E-state index contributed by atoms with van der Waals surface area (Å²) in [4.78, 5) is 23.0. The number of halogens is 6. The number of carboxylic acids is 2. The second-order valence-corrected chi connectivity index (χ2v) is 7.37. The van der Waals surface area contributed by atoms with E-state index < -0.39 is 24.3 Å². The molecule has 2 N–H and O–H groups in total. The molecular weight excluding hydrogens is 464 g/mol. The van der Waals surface area contributed by atoms with Gasteiger partial charge >= 0.3 is 24.3 Å². The standard InChI is InChI=1S/C15H23N3O.2C2HF3O2/c1-4-7-17-8-5-15-14(17)6-9-18(15)10-13-11(2)16-19-12(13)3;2*3-2(4,5)1(6)7/h4,14-15H,1,5-10H2,2-3H3;2*(H,6,7). The third-order valence-corrected chi connectivity index (χ3v) is 5.20. The smallest absolute Gasteiger partial charge is 0.475 e. The summed E-state index contributed by atoms with van der Waals surface area (Å²) in [6.07, 6.45) is -5.58. The Balaban J connectivity index is 0.000000324. The lowest BCUT2D eigenvalue weighted by Gasteiger charge is -2.24. The molecule has 2 atom stereocenters. The molecule has 33 heavy (non-hydrogen) atoms. The number of likely N-dealkylation sites (tertiary alicyclic amines) is 2. The lowest BCUT2D eigenvalue weighted by Crippen LogP contribution is -2.36. The molecule has 0 saturated carbocycles. The van der Waals surface area contributed by atoms with Gasteiger partial charge in [0.2, 0.25) is 0 Å². The summed E-state index contributed by atoms with van der Waals surface area (Å²) in [7, 11) is 0. The third kappa shape index (κ3) is 8.35. The van der Waals surface area contributed by atoms with Crippen LogP contribution in [0.3, 0.4) is 0 Å². The highest BCUT2D eigenvalue weighted by molar-refractivity contribution is 5.73. The Labute approximate surface area is 185 Å². The van der Waals surface area contributed by atoms with Crippen LogP contribution in [0.1, 0.15) is 29.9 Å². The Hall–Kier alpha value is -2.61. The molecule has 1 aromatic heterocycles. The van der Waals surface area contributed by atoms with Gasteiger partial charge in [-0.1, -0.05) is 11.2 Å². The van der Waals surface area contributed by atoms with Gasteiger partial charge in [0.15, 0.2) is 0 Å². The van der Waals surface area contributed by atoms with Crippen molar-refractivity contribution in [1.82, 2.24) is 15.0 Å². The summed E-state index contributed by atoms with van der Waals surface area (Å²) in [5.41, 5.74) is 2.32. The summed E-state index contributed by atoms with van der Waals surface area (Å²) in [6, 6.07) is 1.42. The van der Waals surface area contributed by atoms with Crippen LogP contribution in [0.4, 0.5) is 26.3 Å². The van der Waals surface area contributed by atoms with E-state index in [4.69, 9.17) is 24.3 Å². The lowest BCUT2D eigenvalue weighted by atomic mass is 10.1. The maximum atomic E-state index is 10.6. The van der Waals surface area contributed by atoms with Crippen LogP contribution in [-0.2, 0) is 16.1 Å². The first kappa shape index (κ1) is 28.4. The number of aromatic nitrogens is 1. The van der Waals surface area contributed by atoms with Gasteiger partial charge in [-0.05, 0) is 26.7 Å². The molecule has 0 spiro atoms. The zero-order chi connectivity index (χ0) is 25.6. The summed E-state index contributed by atoms with van der Waals surface area (Å²) in [5.74, 6) is -4.54. The van der Waals surface area contributed by atoms with Crippen molar-refractivity contribution in [3.8, 4) is 0 Å². The molecule has 0 aliphatic carbocycles. The maximum Gasteiger partial charge on any atom is 0.490 e. The number of hydrogen-bond acceptors (Lipinski definition) is 6. The molecule has 2 fully saturated rings. The predicted octanol–water partition coefficient (Wildman–Crippen LogP) is 3.39. The molecule has 0 radical (unpaired) electrons. The van der Waals surface area contributed by atoms with E-state index in [0.717, 1.165) is 30.6 Å². The molecule has 14 heteroatoms. The van der Waals surface area contributed by atoms with Gasteiger partial charge in [-0.3, -0.25) is 9.80 Å². The summed E-state index contributed by atoms with van der Waals surface area (Å²) in [5, 5.41) is 18.3. The van der Waals surface area contributed by atoms with E-state index in [9.17, 15) is 26.3 Å². The number of nitrogens with zero attached hydrogens (tertiary/aromatic N) is 3. The highest BCUT2D eigenvalue weighted by Gasteiger charge is 2.42. The molecule has 2 saturated heterocycles. The highest BCUT2D eigenvalue weighted by Crippen LogP contribution is 2.33. The van der Waals surface area contributed by atoms with Crippen molar-refractivity contribution in [2.75, 3.05) is 19.6 Å². The second-order valence-electron chi connectivity index (χ2n) is 7.37. The van der Waals surface area contributed by atoms with E-state index in [1.54, 1.807) is 0 Å². The molecule has 0 bridgehead atoms. The van der Waals surface area contributed by atoms with Crippen LogP contribution in [0, 0.1) is 13.8 Å². The summed E-state index contributed by atoms with van der Waals surface area (Å²) in [6.45, 7) is 12.3. The number of hydrogen-bond donors (Lipinski definition) is 2. The third-order valence-electron chi connectivity index (χ3n) is 5.20. The van der Waals surface area contributed by atoms with E-state index in [-0.39, 0.29) is 0 Å². The highest BCUT2D eigenvalue weighted by atomic mass is 19.4. The van der Waals surface area contributed by atoms with Gasteiger partial charge < -0.3 is 14.7 Å². The van der Waals surface area contributed by atoms with Crippen LogP contribution in [0.2, 0.25) is 0 Å². The molecule has 2 aliphatic heterocycles. The minimum atomic E-state index is -5.08. The second kappa shape index (κ2) is 11.5. The first-order valence-corrected chi connectivity index (χ1v) is 9.70. The van der Waals surface area contributed by atoms with Crippen LogP contribution >= 0.6 is 0 Å². The van der Waals surface area contributed by atoms with Gasteiger partial charge in [-0.2, -0.15) is 26.3 Å². The van der Waals surface area contributed by atoms with Crippen molar-refractivity contribution in [2.45, 2.75) is 57.7 Å². The van der Waals surface area contributed by atoms with Gasteiger partial charge in [-0.15, -0.1) is 6.58 Å². The zero-order valence-electron chi connectivity index (χ0n) is 17.9. The molecule has 3 rings (SSSR count). The minimum absolute atomic E-state index is 0.702. The Morgan fingerprint density at radius 1 is 1.03 bits per heavy atom. The fourth-order valence-electron chi connectivity index (χ4n) is 3.68. The van der Waals surface area contributed by atoms with Crippen molar-refractivity contribution in [3.05, 3.63) is 29.7 Å². The van der Waals surface area contributed by atoms with Crippen LogP contribution in [0.5, 0.6) is 0 Å². The largest absolute Gasteiger partial charge is 0.490 e. The molecule has 0 aromatic carbocycles. The van der Waals surface area contributed by atoms with Crippen molar-refractivity contribution in [1.29, 1.82) is 0 Å². The van der Waals surface area contributed by atoms with Gasteiger partial charge in [0.1, 0.15) is 5.76 Å². The SMILES string of the molecule is C=CCN1CCC2C1CCN2Cc1c(C)noc1C.O=C(O)C(F)(F)F.O=C(O)C(F)(F)F. The van der Waals surface area contributed by atoms with E-state index in [0.29, 0.717) is 6.04 Å². The Morgan fingerprint density at radius 3 is 1.82 bits per heavy atom. The van der Waals surface area contributed by atoms with Crippen LogP contribution < -0.4 is 0 Å². The summed E-state index contributed by atoms with van der Waals surface area (Å²) >= 11 is 0. The molecule has 2 aliphatic rings. The van der Waals surface area contributed by atoms with Gasteiger partial charge in [0.25, 0.3) is 0 Å². The van der Waals surface area contributed by atoms with E-state index >= 15 is 0 Å². The maximum absolute atomic E-state index is 10.6. The normalized spacial score (nSPS) is 20.8. The minimum Gasteiger partial charge on any atom is -0.475 e. The predicted molar refractivity (Wildman–Crippen MR) is 102 cm³/mol. The molecule has 1 aromatic rings. The first-order chi connectivity index (χ1) is 15.1. The van der Waals surface area contributed by atoms with Crippen LogP contribution in [-0.4, -0.2) is 81.2 Å². The molecular formula is C19H25F6N3O5. The summed E-state index contributed by atoms with van der Waals surface area (Å²) < 4.78 is 68.7. The topological polar surface area (TPSA) is 107 Å². The Bertz CT molecular complexity index is 780. The molecule has 2 unspecified atom stereocenters. The molecule has 8 nitrogen and oxygen atoms in total. The van der Waals surface area contributed by atoms with Crippen molar-refractivity contribution in [2.24, 2.45) is 0 Å². The monoisotopic (exact) mass is 489 g/mol. The van der Waals surface area contributed by atoms with Gasteiger partial charge in [-0.25, -0.2) is 9.59 Å². The Morgan fingerprint density at radius 2 is 1.45 bits per heavy atom. The fourth-order valence-corrected chi connectivity index (χ4v) is 3.68. The van der Waals surface area contributed by atoms with Crippen molar-refractivity contribution < 1.29 is 50.7 Å². The lowest BCUT2D eigenvalue weighted by molar-refractivity contribution is -0.193. The zero-order valence-corrected chi connectivity index (χ0v) is 17.9. The number of alkyl halides is 6. The molecule has 188 valence electrons. The number of aryl methyl sites for hydroxylation is 2. The van der Waals surface area contributed by atoms with Gasteiger partial charge in [0, 0.05) is 43.8 Å². The van der Waals surface area contributed by atoms with E-state index in [1.165, 1.54) is 31.5 Å². The number of carboxylic acid groups (broad SMARTS) is 2. The quantitative estimate of drug-likeness (QED) is 0.490. The average molecular weight is 489 g/mol. The first-order valence-electron chi connectivity index (χ1n) is 9.70. The number of aliphatic carboxylic acids is 2.